The standard InChI is InChI=1S/C22H24N4O3S/c1-15-7-8-17(13-19(15)22-23-11-9-21(25-22)29-2)24-20-6-4-5-16-14-26(30(3,27)28)12-10-18(16)20/h4-9,11,13,24H,10,12,14H2,1-3H3. The summed E-state index contributed by atoms with van der Waals surface area (Å²) >= 11 is 0. The van der Waals surface area contributed by atoms with Gasteiger partial charge in [0, 0.05) is 42.3 Å². The van der Waals surface area contributed by atoms with E-state index in [1.165, 1.54) is 10.6 Å². The van der Waals surface area contributed by atoms with Crippen LogP contribution >= 0.6 is 0 Å². The zero-order valence-corrected chi connectivity index (χ0v) is 18.0. The lowest BCUT2D eigenvalue weighted by atomic mass is 9.98. The van der Waals surface area contributed by atoms with Gasteiger partial charge in [-0.1, -0.05) is 18.2 Å². The maximum absolute atomic E-state index is 11.9. The molecule has 1 aliphatic rings. The first-order valence-electron chi connectivity index (χ1n) is 9.66. The number of benzene rings is 2. The molecule has 2 heterocycles. The third-order valence-corrected chi connectivity index (χ3v) is 6.55. The summed E-state index contributed by atoms with van der Waals surface area (Å²) in [6.45, 7) is 2.91. The van der Waals surface area contributed by atoms with Crippen molar-refractivity contribution in [3.8, 4) is 17.3 Å². The van der Waals surface area contributed by atoms with Gasteiger partial charge in [-0.15, -0.1) is 0 Å². The van der Waals surface area contributed by atoms with Crippen LogP contribution in [0, 0.1) is 6.92 Å². The lowest BCUT2D eigenvalue weighted by Gasteiger charge is -2.28. The van der Waals surface area contributed by atoms with E-state index in [0.29, 0.717) is 31.2 Å². The zero-order valence-electron chi connectivity index (χ0n) is 17.2. The van der Waals surface area contributed by atoms with Crippen molar-refractivity contribution >= 4 is 21.4 Å². The molecule has 1 aromatic heterocycles. The first-order chi connectivity index (χ1) is 14.3. The fraction of sp³-hybridized carbons (Fsp3) is 0.273. The van der Waals surface area contributed by atoms with Crippen LogP contribution in [0.2, 0.25) is 0 Å². The van der Waals surface area contributed by atoms with Crippen LogP contribution in [-0.4, -0.2) is 42.6 Å². The van der Waals surface area contributed by atoms with Gasteiger partial charge >= 0.3 is 0 Å². The fourth-order valence-electron chi connectivity index (χ4n) is 3.67. The number of methoxy groups -OCH3 is 1. The first-order valence-corrected chi connectivity index (χ1v) is 11.5. The van der Waals surface area contributed by atoms with Gasteiger partial charge in [0.2, 0.25) is 15.9 Å². The van der Waals surface area contributed by atoms with Crippen molar-refractivity contribution in [1.82, 2.24) is 14.3 Å². The topological polar surface area (TPSA) is 84.4 Å². The Bertz CT molecular complexity index is 1190. The average molecular weight is 425 g/mol. The number of aromatic nitrogens is 2. The Morgan fingerprint density at radius 1 is 1.17 bits per heavy atom. The van der Waals surface area contributed by atoms with Crippen molar-refractivity contribution in [3.05, 3.63) is 65.4 Å². The molecule has 0 radical (unpaired) electrons. The Kier molecular flexibility index (Phi) is 5.44. The van der Waals surface area contributed by atoms with Gasteiger partial charge in [0.25, 0.3) is 0 Å². The van der Waals surface area contributed by atoms with E-state index in [1.807, 2.05) is 43.3 Å². The van der Waals surface area contributed by atoms with Crippen molar-refractivity contribution in [3.63, 3.8) is 0 Å². The number of nitrogens with zero attached hydrogens (tertiary/aromatic N) is 3. The van der Waals surface area contributed by atoms with Crippen molar-refractivity contribution in [1.29, 1.82) is 0 Å². The van der Waals surface area contributed by atoms with Crippen LogP contribution in [-0.2, 0) is 23.0 Å². The van der Waals surface area contributed by atoms with E-state index < -0.39 is 10.0 Å². The minimum atomic E-state index is -3.20. The molecule has 30 heavy (non-hydrogen) atoms. The molecule has 3 aromatic rings. The highest BCUT2D eigenvalue weighted by Crippen LogP contribution is 2.31. The largest absolute Gasteiger partial charge is 0.481 e. The number of fused-ring (bicyclic) bond motifs is 1. The monoisotopic (exact) mass is 424 g/mol. The second-order valence-corrected chi connectivity index (χ2v) is 9.35. The van der Waals surface area contributed by atoms with Crippen LogP contribution in [0.1, 0.15) is 16.7 Å². The Labute approximate surface area is 176 Å². The fourth-order valence-corrected chi connectivity index (χ4v) is 4.46. The average Bonchev–Trinajstić information content (AvgIpc) is 2.74. The summed E-state index contributed by atoms with van der Waals surface area (Å²) in [7, 11) is -1.61. The smallest absolute Gasteiger partial charge is 0.216 e. The number of aryl methyl sites for hydroxylation is 1. The molecule has 156 valence electrons. The Hall–Kier alpha value is -2.97. The quantitative estimate of drug-likeness (QED) is 0.675. The molecule has 0 saturated heterocycles. The number of nitrogens with one attached hydrogen (secondary N) is 1. The molecule has 0 fully saturated rings. The van der Waals surface area contributed by atoms with E-state index in [-0.39, 0.29) is 0 Å². The molecule has 4 rings (SSSR count). The molecule has 1 N–H and O–H groups in total. The summed E-state index contributed by atoms with van der Waals surface area (Å²) in [6, 6.07) is 13.8. The summed E-state index contributed by atoms with van der Waals surface area (Å²) < 4.78 is 30.6. The van der Waals surface area contributed by atoms with E-state index >= 15 is 0 Å². The normalized spacial score (nSPS) is 14.2. The van der Waals surface area contributed by atoms with Crippen molar-refractivity contribution in [2.45, 2.75) is 19.9 Å². The third kappa shape index (κ3) is 4.15. The van der Waals surface area contributed by atoms with Crippen molar-refractivity contribution in [2.75, 3.05) is 25.2 Å². The van der Waals surface area contributed by atoms with Crippen LogP contribution in [0.4, 0.5) is 11.4 Å². The minimum absolute atomic E-state index is 0.403. The summed E-state index contributed by atoms with van der Waals surface area (Å²) in [5.74, 6) is 1.12. The van der Waals surface area contributed by atoms with E-state index in [4.69, 9.17) is 4.74 Å². The number of rotatable bonds is 5. The van der Waals surface area contributed by atoms with Crippen LogP contribution in [0.25, 0.3) is 11.4 Å². The molecule has 8 heteroatoms. The van der Waals surface area contributed by atoms with Gasteiger partial charge in [-0.2, -0.15) is 9.29 Å². The highest BCUT2D eigenvalue weighted by atomic mass is 32.2. The number of ether oxygens (including phenoxy) is 1. The number of hydrogen-bond acceptors (Lipinski definition) is 6. The third-order valence-electron chi connectivity index (χ3n) is 5.30. The van der Waals surface area contributed by atoms with Gasteiger partial charge in [0.1, 0.15) is 0 Å². The van der Waals surface area contributed by atoms with Gasteiger partial charge < -0.3 is 10.1 Å². The molecule has 1 aliphatic heterocycles. The second kappa shape index (κ2) is 8.04. The number of hydrogen-bond donors (Lipinski definition) is 1. The Morgan fingerprint density at radius 2 is 2.00 bits per heavy atom. The molecule has 0 unspecified atom stereocenters. The van der Waals surface area contributed by atoms with E-state index in [2.05, 4.69) is 15.3 Å². The lowest BCUT2D eigenvalue weighted by molar-refractivity contribution is 0.395. The molecule has 2 aromatic carbocycles. The molecule has 0 saturated carbocycles. The van der Waals surface area contributed by atoms with Gasteiger partial charge in [0.15, 0.2) is 5.82 Å². The minimum Gasteiger partial charge on any atom is -0.481 e. The van der Waals surface area contributed by atoms with Gasteiger partial charge in [-0.25, -0.2) is 13.4 Å². The van der Waals surface area contributed by atoms with Crippen LogP contribution in [0.3, 0.4) is 0 Å². The first kappa shape index (κ1) is 20.3. The van der Waals surface area contributed by atoms with E-state index in [1.54, 1.807) is 19.4 Å². The summed E-state index contributed by atoms with van der Waals surface area (Å²) in [5.41, 5.74) is 6.07. The maximum atomic E-state index is 11.9. The Balaban J connectivity index is 1.65. The molecule has 7 nitrogen and oxygen atoms in total. The maximum Gasteiger partial charge on any atom is 0.216 e. The zero-order chi connectivity index (χ0) is 21.3. The highest BCUT2D eigenvalue weighted by molar-refractivity contribution is 7.88. The van der Waals surface area contributed by atoms with Crippen LogP contribution in [0.5, 0.6) is 5.88 Å². The molecular formula is C22H24N4O3S. The summed E-state index contributed by atoms with van der Waals surface area (Å²) in [5, 5.41) is 3.50. The predicted molar refractivity (Wildman–Crippen MR) is 117 cm³/mol. The second-order valence-electron chi connectivity index (χ2n) is 7.37. The highest BCUT2D eigenvalue weighted by Gasteiger charge is 2.24. The van der Waals surface area contributed by atoms with Gasteiger partial charge in [-0.3, -0.25) is 0 Å². The number of anilines is 2. The van der Waals surface area contributed by atoms with Gasteiger partial charge in [-0.05, 0) is 48.2 Å². The molecule has 0 amide bonds. The van der Waals surface area contributed by atoms with E-state index in [0.717, 1.165) is 33.6 Å². The molecule has 0 bridgehead atoms. The van der Waals surface area contributed by atoms with Crippen molar-refractivity contribution < 1.29 is 13.2 Å². The number of sulfonamides is 1. The molecule has 0 spiro atoms. The summed E-state index contributed by atoms with van der Waals surface area (Å²) in [4.78, 5) is 8.84. The lowest BCUT2D eigenvalue weighted by Crippen LogP contribution is -2.35. The van der Waals surface area contributed by atoms with Crippen LogP contribution < -0.4 is 10.1 Å². The van der Waals surface area contributed by atoms with Crippen molar-refractivity contribution in [2.24, 2.45) is 0 Å². The molecule has 0 atom stereocenters. The van der Waals surface area contributed by atoms with Gasteiger partial charge in [0.05, 0.1) is 13.4 Å². The molecule has 0 aliphatic carbocycles. The summed E-state index contributed by atoms with van der Waals surface area (Å²) in [6.07, 6.45) is 3.61. The Morgan fingerprint density at radius 3 is 2.77 bits per heavy atom. The SMILES string of the molecule is COc1ccnc(-c2cc(Nc3cccc4c3CCN(S(C)(=O)=O)C4)ccc2C)n1. The van der Waals surface area contributed by atoms with E-state index in [9.17, 15) is 8.42 Å². The molecular weight excluding hydrogens is 400 g/mol. The van der Waals surface area contributed by atoms with Crippen LogP contribution in [0.15, 0.2) is 48.7 Å². The predicted octanol–water partition coefficient (Wildman–Crippen LogP) is 3.52.